The number of hydrogen-bond acceptors (Lipinski definition) is 7. The fraction of sp³-hybridized carbons (Fsp3) is 0.765. The average Bonchev–Trinajstić information content (AvgIpc) is 2.65. The van der Waals surface area contributed by atoms with Crippen molar-refractivity contribution in [3.63, 3.8) is 0 Å². The number of carboxylic acids is 1. The van der Waals surface area contributed by atoms with E-state index in [0.717, 1.165) is 0 Å². The predicted octanol–water partition coefficient (Wildman–Crippen LogP) is -1.52. The highest BCUT2D eigenvalue weighted by Crippen LogP contribution is 2.08. The molecule has 162 valence electrons. The maximum Gasteiger partial charge on any atom is 0.326 e. The fourth-order valence-electron chi connectivity index (χ4n) is 2.17. The van der Waals surface area contributed by atoms with E-state index in [1.54, 1.807) is 27.7 Å². The van der Waals surface area contributed by atoms with Crippen molar-refractivity contribution in [1.29, 1.82) is 0 Å². The molecular formula is C17H32N4O6S. The Labute approximate surface area is 170 Å². The standard InChI is InChI=1S/C17H32N4O6S/c1-5-9(4)13(17(26)27)21-15(24)11(7-28)20-14(23)10(6-22)19-16(25)12(18)8(2)3/h8-13,22,28H,5-7,18H2,1-4H3,(H,19,25)(H,20,23)(H,21,24)(H,26,27). The van der Waals surface area contributed by atoms with Gasteiger partial charge in [-0.25, -0.2) is 4.79 Å². The fourth-order valence-corrected chi connectivity index (χ4v) is 2.43. The Morgan fingerprint density at radius 2 is 1.46 bits per heavy atom. The summed E-state index contributed by atoms with van der Waals surface area (Å²) in [5.74, 6) is -3.93. The van der Waals surface area contributed by atoms with Crippen LogP contribution < -0.4 is 21.7 Å². The van der Waals surface area contributed by atoms with E-state index < -0.39 is 54.5 Å². The van der Waals surface area contributed by atoms with Gasteiger partial charge >= 0.3 is 5.97 Å². The minimum absolute atomic E-state index is 0.109. The maximum absolute atomic E-state index is 12.4. The second-order valence-corrected chi connectivity index (χ2v) is 7.33. The molecule has 0 spiro atoms. The van der Waals surface area contributed by atoms with Gasteiger partial charge in [-0.15, -0.1) is 0 Å². The van der Waals surface area contributed by atoms with E-state index in [1.807, 2.05) is 0 Å². The summed E-state index contributed by atoms with van der Waals surface area (Å²) >= 11 is 4.01. The number of carboxylic acid groups (broad SMARTS) is 1. The third kappa shape index (κ3) is 8.03. The number of thiol groups is 1. The van der Waals surface area contributed by atoms with Crippen LogP contribution >= 0.6 is 12.6 Å². The van der Waals surface area contributed by atoms with Gasteiger partial charge in [-0.05, 0) is 11.8 Å². The van der Waals surface area contributed by atoms with Crippen LogP contribution in [0.15, 0.2) is 0 Å². The van der Waals surface area contributed by atoms with Gasteiger partial charge in [-0.2, -0.15) is 12.6 Å². The summed E-state index contributed by atoms with van der Waals surface area (Å²) in [6, 6.07) is -4.43. The molecule has 7 N–H and O–H groups in total. The van der Waals surface area contributed by atoms with Gasteiger partial charge in [0.15, 0.2) is 0 Å². The first-order valence-corrected chi connectivity index (χ1v) is 9.74. The summed E-state index contributed by atoms with van der Waals surface area (Å²) in [6.07, 6.45) is 0.532. The number of aliphatic hydroxyl groups excluding tert-OH is 1. The zero-order valence-corrected chi connectivity index (χ0v) is 17.5. The molecule has 0 heterocycles. The Morgan fingerprint density at radius 3 is 1.86 bits per heavy atom. The highest BCUT2D eigenvalue weighted by Gasteiger charge is 2.31. The van der Waals surface area contributed by atoms with Gasteiger partial charge in [0.05, 0.1) is 12.6 Å². The quantitative estimate of drug-likeness (QED) is 0.188. The highest BCUT2D eigenvalue weighted by molar-refractivity contribution is 7.80. The van der Waals surface area contributed by atoms with E-state index in [4.69, 9.17) is 5.73 Å². The first kappa shape index (κ1) is 26.1. The summed E-state index contributed by atoms with van der Waals surface area (Å²) in [5.41, 5.74) is 5.71. The van der Waals surface area contributed by atoms with Gasteiger partial charge in [0, 0.05) is 5.75 Å². The molecular weight excluding hydrogens is 388 g/mol. The van der Waals surface area contributed by atoms with Crippen molar-refractivity contribution in [3.8, 4) is 0 Å². The summed E-state index contributed by atoms with van der Waals surface area (Å²) in [5, 5.41) is 25.7. The van der Waals surface area contributed by atoms with E-state index in [0.29, 0.717) is 6.42 Å². The van der Waals surface area contributed by atoms with Crippen LogP contribution in [-0.2, 0) is 19.2 Å². The van der Waals surface area contributed by atoms with Crippen LogP contribution in [-0.4, -0.2) is 70.4 Å². The molecule has 5 atom stereocenters. The molecule has 0 aromatic carbocycles. The van der Waals surface area contributed by atoms with Crippen molar-refractivity contribution >= 4 is 36.3 Å². The first-order valence-electron chi connectivity index (χ1n) is 9.11. The molecule has 0 aliphatic heterocycles. The van der Waals surface area contributed by atoms with E-state index >= 15 is 0 Å². The molecule has 0 aromatic rings. The molecule has 0 saturated heterocycles. The lowest BCUT2D eigenvalue weighted by Crippen LogP contribution is -2.59. The van der Waals surface area contributed by atoms with Crippen molar-refractivity contribution in [2.75, 3.05) is 12.4 Å². The normalized spacial score (nSPS) is 16.4. The third-order valence-corrected chi connectivity index (χ3v) is 4.79. The van der Waals surface area contributed by atoms with Crippen LogP contribution in [0.2, 0.25) is 0 Å². The number of rotatable bonds is 12. The number of aliphatic carboxylic acids is 1. The van der Waals surface area contributed by atoms with Gasteiger partial charge in [0.2, 0.25) is 17.7 Å². The molecule has 0 bridgehead atoms. The molecule has 3 amide bonds. The summed E-state index contributed by atoms with van der Waals surface area (Å²) in [7, 11) is 0. The van der Waals surface area contributed by atoms with Gasteiger partial charge in [-0.1, -0.05) is 34.1 Å². The first-order chi connectivity index (χ1) is 13.0. The van der Waals surface area contributed by atoms with Gasteiger partial charge in [-0.3, -0.25) is 14.4 Å². The number of amides is 3. The second-order valence-electron chi connectivity index (χ2n) is 6.97. The van der Waals surface area contributed by atoms with Crippen molar-refractivity contribution in [3.05, 3.63) is 0 Å². The molecule has 10 nitrogen and oxygen atoms in total. The number of hydrogen-bond donors (Lipinski definition) is 7. The van der Waals surface area contributed by atoms with E-state index in [-0.39, 0.29) is 17.6 Å². The molecule has 0 saturated carbocycles. The smallest absolute Gasteiger partial charge is 0.326 e. The van der Waals surface area contributed by atoms with E-state index in [2.05, 4.69) is 28.6 Å². The molecule has 0 fully saturated rings. The number of aliphatic hydroxyl groups is 1. The molecule has 5 unspecified atom stereocenters. The Morgan fingerprint density at radius 1 is 0.964 bits per heavy atom. The lowest BCUT2D eigenvalue weighted by atomic mass is 9.99. The summed E-state index contributed by atoms with van der Waals surface area (Å²) in [6.45, 7) is 6.24. The number of carbonyl (C=O) groups is 4. The number of carbonyl (C=O) groups excluding carboxylic acids is 3. The number of nitrogens with one attached hydrogen (secondary N) is 3. The highest BCUT2D eigenvalue weighted by atomic mass is 32.1. The Balaban J connectivity index is 5.05. The molecule has 11 heteroatoms. The Bertz CT molecular complexity index is 560. The molecule has 28 heavy (non-hydrogen) atoms. The summed E-state index contributed by atoms with van der Waals surface area (Å²) < 4.78 is 0. The zero-order valence-electron chi connectivity index (χ0n) is 16.6. The largest absolute Gasteiger partial charge is 0.480 e. The van der Waals surface area contributed by atoms with Gasteiger partial charge in [0.1, 0.15) is 18.1 Å². The second kappa shape index (κ2) is 12.6. The maximum atomic E-state index is 12.4. The van der Waals surface area contributed by atoms with E-state index in [1.165, 1.54) is 0 Å². The van der Waals surface area contributed by atoms with Crippen LogP contribution in [0.1, 0.15) is 34.1 Å². The van der Waals surface area contributed by atoms with Crippen LogP contribution in [0.5, 0.6) is 0 Å². The molecule has 0 aromatic heterocycles. The van der Waals surface area contributed by atoms with Crippen LogP contribution in [0, 0.1) is 11.8 Å². The van der Waals surface area contributed by atoms with Crippen LogP contribution in [0.3, 0.4) is 0 Å². The van der Waals surface area contributed by atoms with Gasteiger partial charge in [0.25, 0.3) is 0 Å². The van der Waals surface area contributed by atoms with Crippen LogP contribution in [0.4, 0.5) is 0 Å². The molecule has 0 aliphatic rings. The number of nitrogens with two attached hydrogens (primary N) is 1. The molecule has 0 rings (SSSR count). The average molecular weight is 421 g/mol. The minimum atomic E-state index is -1.31. The van der Waals surface area contributed by atoms with Crippen molar-refractivity contribution in [2.45, 2.75) is 58.3 Å². The third-order valence-electron chi connectivity index (χ3n) is 4.43. The lowest BCUT2D eigenvalue weighted by molar-refractivity contribution is -0.143. The zero-order chi connectivity index (χ0) is 22.0. The minimum Gasteiger partial charge on any atom is -0.480 e. The lowest BCUT2D eigenvalue weighted by Gasteiger charge is -2.25. The Kier molecular flexibility index (Phi) is 11.7. The van der Waals surface area contributed by atoms with Crippen molar-refractivity contribution < 1.29 is 29.4 Å². The monoisotopic (exact) mass is 420 g/mol. The SMILES string of the molecule is CCC(C)C(NC(=O)C(CS)NC(=O)C(CO)NC(=O)C(N)C(C)C)C(=O)O. The Hall–Kier alpha value is -1.85. The van der Waals surface area contributed by atoms with Crippen molar-refractivity contribution in [1.82, 2.24) is 16.0 Å². The molecule has 0 aliphatic carbocycles. The molecule has 0 radical (unpaired) electrons. The topological polar surface area (TPSA) is 171 Å². The van der Waals surface area contributed by atoms with E-state index in [9.17, 15) is 29.4 Å². The van der Waals surface area contributed by atoms with Crippen molar-refractivity contribution in [2.24, 2.45) is 17.6 Å². The summed E-state index contributed by atoms with van der Waals surface area (Å²) in [4.78, 5) is 48.0. The van der Waals surface area contributed by atoms with Gasteiger partial charge < -0.3 is 31.9 Å². The predicted molar refractivity (Wildman–Crippen MR) is 107 cm³/mol. The van der Waals surface area contributed by atoms with Crippen LogP contribution in [0.25, 0.3) is 0 Å².